The van der Waals surface area contributed by atoms with Crippen LogP contribution >= 0.6 is 0 Å². The van der Waals surface area contributed by atoms with Crippen LogP contribution in [-0.2, 0) is 4.74 Å². The summed E-state index contributed by atoms with van der Waals surface area (Å²) >= 11 is 0. The number of fused-ring (bicyclic) bond motifs is 1. The number of carbonyl (C=O) groups is 3. The number of methoxy groups -OCH3 is 1. The number of nitrogens with one attached hydrogen (secondary N) is 1. The van der Waals surface area contributed by atoms with Crippen LogP contribution in [0.4, 0.5) is 4.79 Å². The third-order valence-electron chi connectivity index (χ3n) is 4.38. The summed E-state index contributed by atoms with van der Waals surface area (Å²) in [5.41, 5.74) is 0.879. The maximum absolute atomic E-state index is 12.6. The van der Waals surface area contributed by atoms with E-state index in [2.05, 4.69) is 10.1 Å². The Morgan fingerprint density at radius 1 is 1.14 bits per heavy atom. The van der Waals surface area contributed by atoms with E-state index in [4.69, 9.17) is 0 Å². The minimum Gasteiger partial charge on any atom is -0.453 e. The van der Waals surface area contributed by atoms with E-state index in [-0.39, 0.29) is 23.9 Å². The summed E-state index contributed by atoms with van der Waals surface area (Å²) in [7, 11) is 1.30. The molecule has 116 valence electrons. The predicted octanol–water partition coefficient (Wildman–Crippen LogP) is 1.95. The summed E-state index contributed by atoms with van der Waals surface area (Å²) in [6, 6.07) is 6.25. The molecule has 1 N–H and O–H groups in total. The van der Waals surface area contributed by atoms with Crippen LogP contribution in [0.15, 0.2) is 24.3 Å². The Morgan fingerprint density at radius 2 is 1.73 bits per heavy atom. The Hall–Kier alpha value is -2.37. The van der Waals surface area contributed by atoms with Crippen molar-refractivity contribution in [3.05, 3.63) is 35.4 Å². The number of hydrogen-bond acceptors (Lipinski definition) is 4. The van der Waals surface area contributed by atoms with Crippen molar-refractivity contribution in [3.8, 4) is 0 Å². The van der Waals surface area contributed by atoms with E-state index in [9.17, 15) is 14.4 Å². The SMILES string of the molecule is COC(=O)NC1CCCCC1N1C(=O)c2ccccc2C1=O. The van der Waals surface area contributed by atoms with Crippen LogP contribution in [-0.4, -0.2) is 42.0 Å². The number of carbonyl (C=O) groups excluding carboxylic acids is 3. The normalized spacial score (nSPS) is 24.1. The standard InChI is InChI=1S/C16H18N2O4/c1-22-16(21)17-12-8-4-5-9-13(12)18-14(19)10-6-2-3-7-11(10)15(18)20/h2-3,6-7,12-13H,4-5,8-9H2,1H3,(H,17,21). The molecular formula is C16H18N2O4. The van der Waals surface area contributed by atoms with Crippen molar-refractivity contribution in [2.75, 3.05) is 7.11 Å². The number of amides is 3. The molecular weight excluding hydrogens is 284 g/mol. The molecule has 0 saturated heterocycles. The maximum Gasteiger partial charge on any atom is 0.407 e. The van der Waals surface area contributed by atoms with Gasteiger partial charge in [0.1, 0.15) is 0 Å². The monoisotopic (exact) mass is 302 g/mol. The molecule has 1 aliphatic heterocycles. The Balaban J connectivity index is 1.87. The smallest absolute Gasteiger partial charge is 0.407 e. The Labute approximate surface area is 128 Å². The minimum atomic E-state index is -0.534. The summed E-state index contributed by atoms with van der Waals surface area (Å²) in [5.74, 6) is -0.548. The molecule has 22 heavy (non-hydrogen) atoms. The molecule has 6 heteroatoms. The highest BCUT2D eigenvalue weighted by molar-refractivity contribution is 6.21. The summed E-state index contributed by atoms with van der Waals surface area (Å²) in [6.45, 7) is 0. The van der Waals surface area contributed by atoms with Crippen molar-refractivity contribution in [2.24, 2.45) is 0 Å². The zero-order valence-electron chi connectivity index (χ0n) is 12.4. The van der Waals surface area contributed by atoms with E-state index < -0.39 is 6.09 Å². The highest BCUT2D eigenvalue weighted by Gasteiger charge is 2.43. The molecule has 1 saturated carbocycles. The molecule has 3 amide bonds. The van der Waals surface area contributed by atoms with Crippen molar-refractivity contribution >= 4 is 17.9 Å². The summed E-state index contributed by atoms with van der Waals surface area (Å²) in [5, 5.41) is 2.76. The molecule has 2 unspecified atom stereocenters. The van der Waals surface area contributed by atoms with E-state index in [1.807, 2.05) is 0 Å². The largest absolute Gasteiger partial charge is 0.453 e. The van der Waals surface area contributed by atoms with Crippen LogP contribution in [0.25, 0.3) is 0 Å². The molecule has 0 radical (unpaired) electrons. The maximum atomic E-state index is 12.6. The second kappa shape index (κ2) is 5.79. The van der Waals surface area contributed by atoms with Gasteiger partial charge in [-0.2, -0.15) is 0 Å². The summed E-state index contributed by atoms with van der Waals surface area (Å²) in [4.78, 5) is 37.9. The minimum absolute atomic E-state index is 0.261. The Kier molecular flexibility index (Phi) is 3.83. The van der Waals surface area contributed by atoms with Crippen molar-refractivity contribution < 1.29 is 19.1 Å². The highest BCUT2D eigenvalue weighted by Crippen LogP contribution is 2.31. The summed E-state index contributed by atoms with van der Waals surface area (Å²) in [6.07, 6.45) is 2.77. The van der Waals surface area contributed by atoms with Gasteiger partial charge < -0.3 is 10.1 Å². The van der Waals surface area contributed by atoms with Gasteiger partial charge in [-0.15, -0.1) is 0 Å². The second-order valence-corrected chi connectivity index (χ2v) is 5.62. The lowest BCUT2D eigenvalue weighted by molar-refractivity contribution is 0.0500. The number of imide groups is 1. The fraction of sp³-hybridized carbons (Fsp3) is 0.438. The molecule has 3 rings (SSSR count). The zero-order valence-corrected chi connectivity index (χ0v) is 12.4. The first kappa shape index (κ1) is 14.6. The Morgan fingerprint density at radius 3 is 2.32 bits per heavy atom. The molecule has 1 fully saturated rings. The van der Waals surface area contributed by atoms with Gasteiger partial charge in [-0.05, 0) is 25.0 Å². The quantitative estimate of drug-likeness (QED) is 0.847. The van der Waals surface area contributed by atoms with Crippen LogP contribution in [0.3, 0.4) is 0 Å². The molecule has 2 atom stereocenters. The molecule has 2 aliphatic rings. The van der Waals surface area contributed by atoms with Gasteiger partial charge in [0.25, 0.3) is 11.8 Å². The van der Waals surface area contributed by atoms with E-state index in [0.717, 1.165) is 19.3 Å². The molecule has 6 nitrogen and oxygen atoms in total. The Bertz CT molecular complexity index is 593. The van der Waals surface area contributed by atoms with Gasteiger partial charge in [0.2, 0.25) is 0 Å². The number of alkyl carbamates (subject to hydrolysis) is 1. The predicted molar refractivity (Wildman–Crippen MR) is 78.5 cm³/mol. The van der Waals surface area contributed by atoms with Gasteiger partial charge in [-0.25, -0.2) is 4.79 Å². The van der Waals surface area contributed by atoms with Crippen molar-refractivity contribution in [1.82, 2.24) is 10.2 Å². The van der Waals surface area contributed by atoms with Gasteiger partial charge in [0.15, 0.2) is 0 Å². The van der Waals surface area contributed by atoms with E-state index >= 15 is 0 Å². The third-order valence-corrected chi connectivity index (χ3v) is 4.38. The average Bonchev–Trinajstić information content (AvgIpc) is 2.80. The number of rotatable bonds is 2. The lowest BCUT2D eigenvalue weighted by atomic mass is 9.89. The highest BCUT2D eigenvalue weighted by atomic mass is 16.5. The summed E-state index contributed by atoms with van der Waals surface area (Å²) < 4.78 is 4.64. The fourth-order valence-corrected chi connectivity index (χ4v) is 3.31. The van der Waals surface area contributed by atoms with Crippen LogP contribution < -0.4 is 5.32 Å². The first-order chi connectivity index (χ1) is 10.6. The average molecular weight is 302 g/mol. The van der Waals surface area contributed by atoms with Crippen LogP contribution in [0.5, 0.6) is 0 Å². The number of benzene rings is 1. The lowest BCUT2D eigenvalue weighted by Crippen LogP contribution is -2.55. The molecule has 1 aromatic rings. The first-order valence-corrected chi connectivity index (χ1v) is 7.45. The fourth-order valence-electron chi connectivity index (χ4n) is 3.31. The van der Waals surface area contributed by atoms with Crippen molar-refractivity contribution in [2.45, 2.75) is 37.8 Å². The van der Waals surface area contributed by atoms with Crippen molar-refractivity contribution in [1.29, 1.82) is 0 Å². The number of nitrogens with zero attached hydrogens (tertiary/aromatic N) is 1. The van der Waals surface area contributed by atoms with E-state index in [1.165, 1.54) is 12.0 Å². The van der Waals surface area contributed by atoms with Crippen LogP contribution in [0.1, 0.15) is 46.4 Å². The van der Waals surface area contributed by atoms with Gasteiger partial charge >= 0.3 is 6.09 Å². The topological polar surface area (TPSA) is 75.7 Å². The third kappa shape index (κ3) is 2.34. The number of hydrogen-bond donors (Lipinski definition) is 1. The van der Waals surface area contributed by atoms with E-state index in [0.29, 0.717) is 17.5 Å². The van der Waals surface area contributed by atoms with Gasteiger partial charge in [0, 0.05) is 0 Å². The van der Waals surface area contributed by atoms with Crippen LogP contribution in [0, 0.1) is 0 Å². The second-order valence-electron chi connectivity index (χ2n) is 5.62. The first-order valence-electron chi connectivity index (χ1n) is 7.45. The van der Waals surface area contributed by atoms with E-state index in [1.54, 1.807) is 24.3 Å². The molecule has 0 spiro atoms. The molecule has 1 aliphatic carbocycles. The zero-order chi connectivity index (χ0) is 15.7. The molecule has 1 heterocycles. The number of ether oxygens (including phenoxy) is 1. The van der Waals surface area contributed by atoms with Gasteiger partial charge in [-0.1, -0.05) is 25.0 Å². The van der Waals surface area contributed by atoms with Gasteiger partial charge in [-0.3, -0.25) is 14.5 Å². The van der Waals surface area contributed by atoms with Crippen molar-refractivity contribution in [3.63, 3.8) is 0 Å². The lowest BCUT2D eigenvalue weighted by Gasteiger charge is -2.36. The molecule has 1 aromatic carbocycles. The van der Waals surface area contributed by atoms with Gasteiger partial charge in [0.05, 0.1) is 30.3 Å². The molecule has 0 aromatic heterocycles. The van der Waals surface area contributed by atoms with Crippen LogP contribution in [0.2, 0.25) is 0 Å². The molecule has 0 bridgehead atoms.